The molecule has 2 bridgehead atoms. The van der Waals surface area contributed by atoms with Crippen molar-refractivity contribution in [1.82, 2.24) is 4.90 Å². The van der Waals surface area contributed by atoms with E-state index in [0.29, 0.717) is 12.0 Å². The number of aliphatic hydroxyl groups excluding tert-OH is 1. The molecule has 2 aliphatic heterocycles. The third-order valence-corrected chi connectivity index (χ3v) is 3.17. The lowest BCUT2D eigenvalue weighted by Crippen LogP contribution is -2.57. The van der Waals surface area contributed by atoms with Gasteiger partial charge in [0.1, 0.15) is 6.23 Å². The molecule has 2 saturated heterocycles. The van der Waals surface area contributed by atoms with Gasteiger partial charge in [0, 0.05) is 12.6 Å². The predicted molar refractivity (Wildman–Crippen MR) is 44.1 cm³/mol. The first-order valence-electron chi connectivity index (χ1n) is 4.62. The number of aliphatic hydroxyl groups is 1. The molecule has 1 unspecified atom stereocenters. The summed E-state index contributed by atoms with van der Waals surface area (Å²) in [5.41, 5.74) is 0. The van der Waals surface area contributed by atoms with Crippen LogP contribution >= 0.6 is 0 Å². The van der Waals surface area contributed by atoms with Crippen LogP contribution in [0.15, 0.2) is 0 Å². The zero-order chi connectivity index (χ0) is 8.01. The van der Waals surface area contributed by atoms with Crippen molar-refractivity contribution >= 4 is 0 Å². The number of hydrogen-bond acceptors (Lipinski definition) is 2. The molecule has 1 saturated carbocycles. The summed E-state index contributed by atoms with van der Waals surface area (Å²) in [4.78, 5) is 2.22. The number of rotatable bonds is 1. The fourth-order valence-corrected chi connectivity index (χ4v) is 2.37. The van der Waals surface area contributed by atoms with Gasteiger partial charge in [0.25, 0.3) is 0 Å². The maximum atomic E-state index is 9.77. The SMILES string of the molecule is CC(C)N1CC2CC(C2)C1O. The molecular formula is C9H17NO. The van der Waals surface area contributed by atoms with Crippen LogP contribution in [0.4, 0.5) is 0 Å². The molecule has 0 aromatic heterocycles. The van der Waals surface area contributed by atoms with Crippen LogP contribution in [0.3, 0.4) is 0 Å². The van der Waals surface area contributed by atoms with Crippen LogP contribution < -0.4 is 0 Å². The first kappa shape index (κ1) is 7.56. The Labute approximate surface area is 68.2 Å². The van der Waals surface area contributed by atoms with Crippen molar-refractivity contribution in [2.24, 2.45) is 11.8 Å². The van der Waals surface area contributed by atoms with E-state index in [-0.39, 0.29) is 6.23 Å². The first-order valence-corrected chi connectivity index (χ1v) is 4.62. The van der Waals surface area contributed by atoms with Gasteiger partial charge in [0.15, 0.2) is 0 Å². The van der Waals surface area contributed by atoms with Gasteiger partial charge in [-0.25, -0.2) is 0 Å². The molecule has 0 aromatic carbocycles. The molecule has 64 valence electrons. The normalized spacial score (nSPS) is 44.2. The van der Waals surface area contributed by atoms with Crippen molar-refractivity contribution < 1.29 is 5.11 Å². The molecule has 0 spiro atoms. The van der Waals surface area contributed by atoms with E-state index in [9.17, 15) is 5.11 Å². The van der Waals surface area contributed by atoms with Crippen LogP contribution in [0.1, 0.15) is 26.7 Å². The summed E-state index contributed by atoms with van der Waals surface area (Å²) in [5.74, 6) is 1.49. The standard InChI is InChI=1S/C9H17NO/c1-6(2)10-5-7-3-8(4-7)9(10)11/h6-9,11H,3-5H2,1-2H3. The second-order valence-corrected chi connectivity index (χ2v) is 4.30. The topological polar surface area (TPSA) is 23.5 Å². The molecule has 3 aliphatic rings. The van der Waals surface area contributed by atoms with E-state index in [1.165, 1.54) is 12.8 Å². The van der Waals surface area contributed by atoms with Crippen molar-refractivity contribution in [3.05, 3.63) is 0 Å². The van der Waals surface area contributed by atoms with E-state index in [1.807, 2.05) is 0 Å². The molecular weight excluding hydrogens is 138 g/mol. The van der Waals surface area contributed by atoms with Crippen molar-refractivity contribution in [3.8, 4) is 0 Å². The van der Waals surface area contributed by atoms with Gasteiger partial charge in [-0.1, -0.05) is 0 Å². The molecule has 2 heteroatoms. The molecule has 3 rings (SSSR count). The molecule has 3 fully saturated rings. The van der Waals surface area contributed by atoms with Crippen LogP contribution in [-0.4, -0.2) is 28.8 Å². The monoisotopic (exact) mass is 155 g/mol. The highest BCUT2D eigenvalue weighted by atomic mass is 16.3. The van der Waals surface area contributed by atoms with Crippen LogP contribution in [0.5, 0.6) is 0 Å². The molecule has 0 radical (unpaired) electrons. The van der Waals surface area contributed by atoms with Gasteiger partial charge in [-0.15, -0.1) is 0 Å². The van der Waals surface area contributed by atoms with Gasteiger partial charge in [0.2, 0.25) is 0 Å². The molecule has 2 heterocycles. The highest BCUT2D eigenvalue weighted by Crippen LogP contribution is 2.43. The Bertz CT molecular complexity index is 152. The third kappa shape index (κ3) is 1.09. The highest BCUT2D eigenvalue weighted by Gasteiger charge is 2.44. The summed E-state index contributed by atoms with van der Waals surface area (Å²) < 4.78 is 0. The first-order chi connectivity index (χ1) is 5.18. The molecule has 0 amide bonds. The van der Waals surface area contributed by atoms with Crippen molar-refractivity contribution in [2.75, 3.05) is 6.54 Å². The van der Waals surface area contributed by atoms with Crippen molar-refractivity contribution in [2.45, 2.75) is 39.0 Å². The Balaban J connectivity index is 2.01. The Kier molecular flexibility index (Phi) is 1.69. The number of hydrogen-bond donors (Lipinski definition) is 1. The summed E-state index contributed by atoms with van der Waals surface area (Å²) in [7, 11) is 0. The van der Waals surface area contributed by atoms with E-state index >= 15 is 0 Å². The van der Waals surface area contributed by atoms with E-state index in [1.54, 1.807) is 0 Å². The summed E-state index contributed by atoms with van der Waals surface area (Å²) >= 11 is 0. The largest absolute Gasteiger partial charge is 0.378 e. The Hall–Kier alpha value is -0.0800. The van der Waals surface area contributed by atoms with E-state index in [2.05, 4.69) is 18.7 Å². The molecule has 1 aliphatic carbocycles. The Morgan fingerprint density at radius 3 is 2.36 bits per heavy atom. The van der Waals surface area contributed by atoms with E-state index in [4.69, 9.17) is 0 Å². The summed E-state index contributed by atoms with van der Waals surface area (Å²) in [6, 6.07) is 0.510. The lowest BCUT2D eigenvalue weighted by molar-refractivity contribution is -0.150. The summed E-state index contributed by atoms with van der Waals surface area (Å²) in [6.07, 6.45) is 2.40. The minimum atomic E-state index is -0.139. The van der Waals surface area contributed by atoms with E-state index in [0.717, 1.165) is 12.5 Å². The minimum Gasteiger partial charge on any atom is -0.378 e. The number of piperidine rings is 2. The van der Waals surface area contributed by atoms with Crippen molar-refractivity contribution in [3.63, 3.8) is 0 Å². The quantitative estimate of drug-likeness (QED) is 0.612. The lowest BCUT2D eigenvalue weighted by Gasteiger charge is -2.52. The average Bonchev–Trinajstić information content (AvgIpc) is 1.84. The molecule has 1 atom stereocenters. The van der Waals surface area contributed by atoms with Crippen molar-refractivity contribution in [1.29, 1.82) is 0 Å². The minimum absolute atomic E-state index is 0.139. The van der Waals surface area contributed by atoms with Gasteiger partial charge >= 0.3 is 0 Å². The molecule has 0 aromatic rings. The molecule has 2 nitrogen and oxygen atoms in total. The predicted octanol–water partition coefficient (Wildman–Crippen LogP) is 1.05. The highest BCUT2D eigenvalue weighted by molar-refractivity contribution is 4.93. The second-order valence-electron chi connectivity index (χ2n) is 4.30. The van der Waals surface area contributed by atoms with Crippen LogP contribution in [0, 0.1) is 11.8 Å². The Morgan fingerprint density at radius 1 is 1.36 bits per heavy atom. The molecule has 11 heavy (non-hydrogen) atoms. The molecule has 1 N–H and O–H groups in total. The zero-order valence-electron chi connectivity index (χ0n) is 7.33. The summed E-state index contributed by atoms with van der Waals surface area (Å²) in [6.45, 7) is 5.44. The van der Waals surface area contributed by atoms with E-state index < -0.39 is 0 Å². The average molecular weight is 155 g/mol. The van der Waals surface area contributed by atoms with Gasteiger partial charge in [-0.2, -0.15) is 0 Å². The third-order valence-electron chi connectivity index (χ3n) is 3.17. The number of fused-ring (bicyclic) bond motifs is 2. The lowest BCUT2D eigenvalue weighted by atomic mass is 9.69. The zero-order valence-corrected chi connectivity index (χ0v) is 7.33. The Morgan fingerprint density at radius 2 is 2.00 bits per heavy atom. The van der Waals surface area contributed by atoms with Crippen LogP contribution in [0.2, 0.25) is 0 Å². The smallest absolute Gasteiger partial charge is 0.110 e. The number of nitrogens with zero attached hydrogens (tertiary/aromatic N) is 1. The van der Waals surface area contributed by atoms with Gasteiger partial charge in [0.05, 0.1) is 0 Å². The van der Waals surface area contributed by atoms with Gasteiger partial charge < -0.3 is 5.11 Å². The van der Waals surface area contributed by atoms with Gasteiger partial charge in [-0.3, -0.25) is 4.90 Å². The maximum Gasteiger partial charge on any atom is 0.110 e. The second kappa shape index (κ2) is 2.46. The van der Waals surface area contributed by atoms with Gasteiger partial charge in [-0.05, 0) is 38.5 Å². The summed E-state index contributed by atoms with van der Waals surface area (Å²) in [5, 5.41) is 9.77. The maximum absolute atomic E-state index is 9.77. The van der Waals surface area contributed by atoms with Crippen LogP contribution in [0.25, 0.3) is 0 Å². The van der Waals surface area contributed by atoms with Crippen LogP contribution in [-0.2, 0) is 0 Å². The fourth-order valence-electron chi connectivity index (χ4n) is 2.37. The fraction of sp³-hybridized carbons (Fsp3) is 1.00.